The molecule has 8 nitrogen and oxygen atoms in total. The summed E-state index contributed by atoms with van der Waals surface area (Å²) in [6.45, 7) is 6.61. The lowest BCUT2D eigenvalue weighted by Crippen LogP contribution is -2.34. The zero-order valence-electron chi connectivity index (χ0n) is 18.7. The van der Waals surface area contributed by atoms with Gasteiger partial charge in [0.2, 0.25) is 5.91 Å². The molecule has 1 aliphatic carbocycles. The molecule has 2 aliphatic rings. The third-order valence-electron chi connectivity index (χ3n) is 6.63. The number of rotatable bonds is 9. The lowest BCUT2D eigenvalue weighted by molar-refractivity contribution is -0.120. The van der Waals surface area contributed by atoms with E-state index in [4.69, 9.17) is 15.1 Å². The van der Waals surface area contributed by atoms with E-state index in [2.05, 4.69) is 28.9 Å². The summed E-state index contributed by atoms with van der Waals surface area (Å²) < 4.78 is 25.3. The zero-order valence-corrected chi connectivity index (χ0v) is 18.7. The summed E-state index contributed by atoms with van der Waals surface area (Å²) >= 11 is 0. The fourth-order valence-corrected chi connectivity index (χ4v) is 4.60. The first-order valence-electron chi connectivity index (χ1n) is 11.4. The number of amides is 1. The molecule has 1 amide bonds. The summed E-state index contributed by atoms with van der Waals surface area (Å²) in [5.41, 5.74) is 2.31. The molecular formula is C23H32FN5O3. The predicted molar refractivity (Wildman–Crippen MR) is 117 cm³/mol. The Morgan fingerprint density at radius 1 is 1.38 bits per heavy atom. The minimum Gasteiger partial charge on any atom is -0.493 e. The predicted octanol–water partition coefficient (Wildman–Crippen LogP) is 3.19. The smallest absolute Gasteiger partial charge is 0.324 e. The Labute approximate surface area is 187 Å². The van der Waals surface area contributed by atoms with E-state index in [1.165, 1.54) is 12.5 Å². The number of nitrogens with one attached hydrogen (secondary N) is 1. The van der Waals surface area contributed by atoms with Crippen molar-refractivity contribution in [1.29, 1.82) is 0 Å². The van der Waals surface area contributed by atoms with E-state index < -0.39 is 11.7 Å². The molecule has 2 atom stereocenters. The summed E-state index contributed by atoms with van der Waals surface area (Å²) in [6.07, 6.45) is 4.42. The van der Waals surface area contributed by atoms with Crippen LogP contribution in [-0.4, -0.2) is 35.7 Å². The molecule has 3 N–H and O–H groups in total. The van der Waals surface area contributed by atoms with Crippen LogP contribution in [0.25, 0.3) is 0 Å². The van der Waals surface area contributed by atoms with Crippen LogP contribution < -0.4 is 20.9 Å². The highest BCUT2D eigenvalue weighted by atomic mass is 19.1. The van der Waals surface area contributed by atoms with Gasteiger partial charge in [0.25, 0.3) is 0 Å². The van der Waals surface area contributed by atoms with Gasteiger partial charge in [0, 0.05) is 25.1 Å². The molecule has 1 aromatic carbocycles. The molecule has 32 heavy (non-hydrogen) atoms. The van der Waals surface area contributed by atoms with E-state index in [0.717, 1.165) is 50.0 Å². The maximum atomic E-state index is 14.1. The first kappa shape index (κ1) is 22.5. The Balaban J connectivity index is 1.17. The van der Waals surface area contributed by atoms with Crippen molar-refractivity contribution in [3.8, 4) is 5.75 Å². The van der Waals surface area contributed by atoms with E-state index >= 15 is 0 Å². The molecule has 174 valence electrons. The lowest BCUT2D eigenvalue weighted by Gasteiger charge is -2.30. The van der Waals surface area contributed by atoms with Gasteiger partial charge in [-0.1, -0.05) is 25.1 Å². The number of anilines is 1. The van der Waals surface area contributed by atoms with Gasteiger partial charge in [0.1, 0.15) is 11.6 Å². The highest BCUT2D eigenvalue weighted by Gasteiger charge is 2.43. The van der Waals surface area contributed by atoms with Crippen molar-refractivity contribution in [3.63, 3.8) is 0 Å². The van der Waals surface area contributed by atoms with Gasteiger partial charge in [-0.05, 0) is 55.1 Å². The van der Waals surface area contributed by atoms with Crippen molar-refractivity contribution in [3.05, 3.63) is 35.4 Å². The third-order valence-corrected chi connectivity index (χ3v) is 6.63. The molecule has 0 spiro atoms. The number of carbonyl (C=O) groups is 1. The van der Waals surface area contributed by atoms with Crippen molar-refractivity contribution in [2.75, 3.05) is 24.6 Å². The molecule has 4 rings (SSSR count). The Hall–Kier alpha value is -2.68. The van der Waals surface area contributed by atoms with Crippen molar-refractivity contribution in [1.82, 2.24) is 15.6 Å². The summed E-state index contributed by atoms with van der Waals surface area (Å²) in [5.74, 6) is 7.85. The van der Waals surface area contributed by atoms with Crippen LogP contribution in [0.15, 0.2) is 22.7 Å². The van der Waals surface area contributed by atoms with Gasteiger partial charge in [0.15, 0.2) is 5.82 Å². The second-order valence-corrected chi connectivity index (χ2v) is 9.21. The summed E-state index contributed by atoms with van der Waals surface area (Å²) in [6, 6.07) is 5.25. The van der Waals surface area contributed by atoms with Gasteiger partial charge in [-0.3, -0.25) is 10.2 Å². The van der Waals surface area contributed by atoms with Gasteiger partial charge in [-0.2, -0.15) is 4.98 Å². The molecule has 0 bridgehead atoms. The number of benzene rings is 1. The lowest BCUT2D eigenvalue weighted by atomic mass is 9.90. The van der Waals surface area contributed by atoms with E-state index in [1.54, 1.807) is 12.1 Å². The monoisotopic (exact) mass is 445 g/mol. The molecule has 9 heteroatoms. The van der Waals surface area contributed by atoms with Crippen molar-refractivity contribution >= 4 is 11.9 Å². The number of hydrogen-bond acceptors (Lipinski definition) is 7. The summed E-state index contributed by atoms with van der Waals surface area (Å²) in [7, 11) is 0. The molecule has 1 aliphatic heterocycles. The average Bonchev–Trinajstić information content (AvgIpc) is 3.38. The van der Waals surface area contributed by atoms with Crippen LogP contribution in [0.2, 0.25) is 0 Å². The fraction of sp³-hybridized carbons (Fsp3) is 0.609. The number of nitrogens with zero attached hydrogens (tertiary/aromatic N) is 3. The van der Waals surface area contributed by atoms with E-state index in [9.17, 15) is 9.18 Å². The number of piperidine rings is 1. The molecule has 2 aromatic rings. The molecular weight excluding hydrogens is 413 g/mol. The van der Waals surface area contributed by atoms with Crippen LogP contribution in [0.1, 0.15) is 56.8 Å². The van der Waals surface area contributed by atoms with Gasteiger partial charge in [-0.15, -0.1) is 0 Å². The number of ether oxygens (including phenoxy) is 1. The Morgan fingerprint density at radius 3 is 2.81 bits per heavy atom. The van der Waals surface area contributed by atoms with Crippen molar-refractivity contribution in [2.45, 2.75) is 51.9 Å². The highest BCUT2D eigenvalue weighted by molar-refractivity contribution is 5.77. The number of nitrogens with two attached hydrogens (primary N) is 1. The van der Waals surface area contributed by atoms with Gasteiger partial charge < -0.3 is 14.2 Å². The SMILES string of the molecule is CC(C)c1noc(N2CCC([C@H]3C[C@H]3CCOc3ccc(CC(=O)NN)c(F)c3)CC2)n1. The number of aromatic nitrogens is 2. The molecule has 1 saturated carbocycles. The second-order valence-electron chi connectivity index (χ2n) is 9.21. The van der Waals surface area contributed by atoms with Crippen LogP contribution in [-0.2, 0) is 11.2 Å². The minimum atomic E-state index is -0.455. The summed E-state index contributed by atoms with van der Waals surface area (Å²) in [5, 5.41) is 4.07. The first-order valence-corrected chi connectivity index (χ1v) is 11.4. The van der Waals surface area contributed by atoms with Crippen molar-refractivity contribution in [2.24, 2.45) is 23.6 Å². The average molecular weight is 446 g/mol. The minimum absolute atomic E-state index is 0.0867. The normalized spacial score (nSPS) is 21.1. The van der Waals surface area contributed by atoms with Crippen LogP contribution in [0, 0.1) is 23.6 Å². The maximum Gasteiger partial charge on any atom is 0.324 e. The number of hydrazine groups is 1. The van der Waals surface area contributed by atoms with E-state index in [1.807, 2.05) is 5.43 Å². The van der Waals surface area contributed by atoms with Crippen LogP contribution in [0.4, 0.5) is 10.4 Å². The van der Waals surface area contributed by atoms with Gasteiger partial charge in [0.05, 0.1) is 13.0 Å². The van der Waals surface area contributed by atoms with Crippen LogP contribution >= 0.6 is 0 Å². The zero-order chi connectivity index (χ0) is 22.7. The first-order chi connectivity index (χ1) is 15.4. The fourth-order valence-electron chi connectivity index (χ4n) is 4.60. The Bertz CT molecular complexity index is 926. The molecule has 1 aromatic heterocycles. The van der Waals surface area contributed by atoms with Gasteiger partial charge in [-0.25, -0.2) is 10.2 Å². The van der Waals surface area contributed by atoms with Crippen LogP contribution in [0.3, 0.4) is 0 Å². The second kappa shape index (κ2) is 9.85. The van der Waals surface area contributed by atoms with Crippen LogP contribution in [0.5, 0.6) is 5.75 Å². The van der Waals surface area contributed by atoms with Crippen molar-refractivity contribution < 1.29 is 18.4 Å². The highest BCUT2D eigenvalue weighted by Crippen LogP contribution is 2.50. The largest absolute Gasteiger partial charge is 0.493 e. The Kier molecular flexibility index (Phi) is 6.93. The van der Waals surface area contributed by atoms with E-state index in [0.29, 0.717) is 29.9 Å². The molecule has 2 fully saturated rings. The topological polar surface area (TPSA) is 107 Å². The number of halogens is 1. The van der Waals surface area contributed by atoms with E-state index in [-0.39, 0.29) is 12.3 Å². The number of carbonyl (C=O) groups excluding carboxylic acids is 1. The maximum absolute atomic E-state index is 14.1. The standard InChI is InChI=1S/C23H32FN5O3/c1-14(2)22-26-23(32-28-22)29-8-5-15(6-9-29)19-11-16(19)7-10-31-18-4-3-17(20(24)13-18)12-21(30)27-25/h3-4,13-16,19H,5-12,25H2,1-2H3,(H,27,30)/t16-,19-/m1/s1. The summed E-state index contributed by atoms with van der Waals surface area (Å²) in [4.78, 5) is 18.0. The molecule has 0 radical (unpaired) electrons. The quantitative estimate of drug-likeness (QED) is 0.347. The number of hydrogen-bond donors (Lipinski definition) is 2. The molecule has 2 heterocycles. The Morgan fingerprint density at radius 2 is 2.16 bits per heavy atom. The third kappa shape index (κ3) is 5.38. The van der Waals surface area contributed by atoms with Gasteiger partial charge >= 0.3 is 6.01 Å². The molecule has 0 unspecified atom stereocenters. The molecule has 1 saturated heterocycles.